The molecule has 3 aromatic heterocycles. The molecule has 13 rings (SSSR count). The third kappa shape index (κ3) is 5.18. The second-order valence-electron chi connectivity index (χ2n) is 22.4. The summed E-state index contributed by atoms with van der Waals surface area (Å²) in [4.78, 5) is 2.73. The van der Waals surface area contributed by atoms with Crippen molar-refractivity contribution in [2.24, 2.45) is 0 Å². The molecular formula is C58H53BN2S2. The first kappa shape index (κ1) is 38.1. The maximum absolute atomic E-state index is 2.73. The largest absolute Gasteiger partial charge is 0.376 e. The lowest BCUT2D eigenvalue weighted by atomic mass is 9.43. The van der Waals surface area contributed by atoms with E-state index in [0.717, 1.165) is 0 Å². The van der Waals surface area contributed by atoms with Crippen LogP contribution in [0.1, 0.15) is 104 Å². The second kappa shape index (κ2) is 12.3. The molecule has 2 nitrogen and oxygen atoms in total. The molecule has 0 bridgehead atoms. The van der Waals surface area contributed by atoms with Crippen molar-refractivity contribution in [1.82, 2.24) is 4.57 Å². The van der Waals surface area contributed by atoms with Gasteiger partial charge in [-0.15, -0.1) is 22.7 Å². The van der Waals surface area contributed by atoms with Gasteiger partial charge in [0.05, 0.1) is 11.0 Å². The number of nitrogens with zero attached hydrogens (tertiary/aromatic N) is 2. The average molecular weight is 853 g/mol. The number of hydrogen-bond donors (Lipinski definition) is 0. The van der Waals surface area contributed by atoms with Crippen LogP contribution in [0.5, 0.6) is 0 Å². The Morgan fingerprint density at radius 1 is 0.508 bits per heavy atom. The van der Waals surface area contributed by atoms with E-state index in [1.165, 1.54) is 136 Å². The number of thiophene rings is 2. The molecule has 63 heavy (non-hydrogen) atoms. The van der Waals surface area contributed by atoms with Gasteiger partial charge in [0.25, 0.3) is 0 Å². The minimum atomic E-state index is -0.0199. The van der Waals surface area contributed by atoms with Gasteiger partial charge in [-0.2, -0.15) is 0 Å². The highest BCUT2D eigenvalue weighted by molar-refractivity contribution is 7.26. The molecule has 5 heteroatoms. The van der Waals surface area contributed by atoms with E-state index in [0.29, 0.717) is 0 Å². The molecule has 0 saturated carbocycles. The second-order valence-corrected chi connectivity index (χ2v) is 24.6. The summed E-state index contributed by atoms with van der Waals surface area (Å²) in [6, 6.07) is 46.1. The Morgan fingerprint density at radius 2 is 1.14 bits per heavy atom. The molecule has 2 aliphatic heterocycles. The van der Waals surface area contributed by atoms with Crippen molar-refractivity contribution < 1.29 is 0 Å². The molecule has 0 amide bonds. The van der Waals surface area contributed by atoms with Gasteiger partial charge in [0, 0.05) is 73.7 Å². The Morgan fingerprint density at radius 3 is 1.89 bits per heavy atom. The molecule has 5 heterocycles. The van der Waals surface area contributed by atoms with E-state index >= 15 is 0 Å². The summed E-state index contributed by atoms with van der Waals surface area (Å²) >= 11 is 3.90. The van der Waals surface area contributed by atoms with Gasteiger partial charge in [-0.3, -0.25) is 0 Å². The molecule has 310 valence electrons. The Balaban J connectivity index is 1.17. The van der Waals surface area contributed by atoms with Crippen LogP contribution in [0.3, 0.4) is 0 Å². The van der Waals surface area contributed by atoms with Crippen molar-refractivity contribution >= 4 is 114 Å². The van der Waals surface area contributed by atoms with E-state index in [4.69, 9.17) is 0 Å². The summed E-state index contributed by atoms with van der Waals surface area (Å²) in [6.07, 6.45) is 2.43. The van der Waals surface area contributed by atoms with Gasteiger partial charge in [0.15, 0.2) is 0 Å². The Hall–Kier alpha value is -5.36. The molecule has 10 aromatic rings. The smallest absolute Gasteiger partial charge is 0.333 e. The van der Waals surface area contributed by atoms with Crippen LogP contribution in [-0.4, -0.2) is 11.4 Å². The molecule has 3 aliphatic rings. The van der Waals surface area contributed by atoms with Crippen LogP contribution in [0.2, 0.25) is 0 Å². The lowest BCUT2D eigenvalue weighted by Crippen LogP contribution is -2.60. The highest BCUT2D eigenvalue weighted by Crippen LogP contribution is 2.53. The van der Waals surface area contributed by atoms with Crippen LogP contribution in [0.25, 0.3) is 79.0 Å². The number of benzene rings is 7. The van der Waals surface area contributed by atoms with Gasteiger partial charge < -0.3 is 9.38 Å². The van der Waals surface area contributed by atoms with Crippen molar-refractivity contribution in [2.75, 3.05) is 4.81 Å². The predicted octanol–water partition coefficient (Wildman–Crippen LogP) is 15.7. The summed E-state index contributed by atoms with van der Waals surface area (Å²) < 4.78 is 8.11. The summed E-state index contributed by atoms with van der Waals surface area (Å²) in [7, 11) is 0. The van der Waals surface area contributed by atoms with Crippen molar-refractivity contribution in [3.05, 3.63) is 138 Å². The third-order valence-corrected chi connectivity index (χ3v) is 17.8. The lowest BCUT2D eigenvalue weighted by molar-refractivity contribution is 0.332. The standard InChI is InChI=1S/C58H53BN2S2/c1-55(2,3)32-15-18-34(19-16-32)61-48-31-52-41(42-28-43-44(29-50(42)63-52)58(9,10)24-23-57(43,7)8)26-38(48)36-20-21-37-39-27-40-35-13-11-12-14-49(35)62-51(40)30-47(39)60-46-22-17-33(56(4,5)6)25-45(46)59(61)53(36)54(37)60/h11-22,25-31H,23-24H2,1-10H3. The van der Waals surface area contributed by atoms with E-state index in [1.54, 1.807) is 0 Å². The first-order valence-electron chi connectivity index (χ1n) is 23.0. The first-order chi connectivity index (χ1) is 30.0. The van der Waals surface area contributed by atoms with Crippen molar-refractivity contribution in [2.45, 2.75) is 104 Å². The molecular weight excluding hydrogens is 800 g/mol. The minimum absolute atomic E-state index is 0.0105. The normalized spacial score (nSPS) is 16.5. The molecule has 0 atom stereocenters. The zero-order valence-electron chi connectivity index (χ0n) is 38.2. The Bertz CT molecular complexity index is 3650. The van der Waals surface area contributed by atoms with Crippen LogP contribution in [0.15, 0.2) is 115 Å². The van der Waals surface area contributed by atoms with E-state index in [9.17, 15) is 0 Å². The highest BCUT2D eigenvalue weighted by atomic mass is 32.1. The fourth-order valence-electron chi connectivity index (χ4n) is 11.8. The fraction of sp³-hybridized carbons (Fsp3) is 0.276. The zero-order valence-corrected chi connectivity index (χ0v) is 39.8. The minimum Gasteiger partial charge on any atom is -0.376 e. The summed E-state index contributed by atoms with van der Waals surface area (Å²) in [5.41, 5.74) is 18.1. The highest BCUT2D eigenvalue weighted by Gasteiger charge is 2.45. The molecule has 0 fully saturated rings. The monoisotopic (exact) mass is 852 g/mol. The van der Waals surface area contributed by atoms with Crippen molar-refractivity contribution in [1.29, 1.82) is 0 Å². The predicted molar refractivity (Wildman–Crippen MR) is 278 cm³/mol. The van der Waals surface area contributed by atoms with Gasteiger partial charge in [-0.1, -0.05) is 124 Å². The zero-order chi connectivity index (χ0) is 43.3. The molecule has 0 saturated heterocycles. The molecule has 0 unspecified atom stereocenters. The maximum Gasteiger partial charge on any atom is 0.333 e. The van der Waals surface area contributed by atoms with Crippen LogP contribution < -0.4 is 15.7 Å². The maximum atomic E-state index is 2.73. The van der Waals surface area contributed by atoms with Crippen LogP contribution in [0, 0.1) is 0 Å². The van der Waals surface area contributed by atoms with Gasteiger partial charge in [-0.05, 0) is 134 Å². The van der Waals surface area contributed by atoms with E-state index < -0.39 is 0 Å². The molecule has 0 spiro atoms. The van der Waals surface area contributed by atoms with Gasteiger partial charge in [0.1, 0.15) is 0 Å². The number of rotatable bonds is 1. The summed E-state index contributed by atoms with van der Waals surface area (Å²) in [5, 5.41) is 8.15. The van der Waals surface area contributed by atoms with Crippen LogP contribution >= 0.6 is 22.7 Å². The van der Waals surface area contributed by atoms with Gasteiger partial charge in [-0.25, -0.2) is 0 Å². The fourth-order valence-corrected chi connectivity index (χ4v) is 14.1. The molecule has 7 aromatic carbocycles. The lowest BCUT2D eigenvalue weighted by Gasteiger charge is -2.42. The van der Waals surface area contributed by atoms with Crippen molar-refractivity contribution in [3.8, 4) is 16.8 Å². The summed E-state index contributed by atoms with van der Waals surface area (Å²) in [5.74, 6) is 0. The van der Waals surface area contributed by atoms with Crippen LogP contribution in [0.4, 0.5) is 11.4 Å². The topological polar surface area (TPSA) is 8.17 Å². The van der Waals surface area contributed by atoms with Gasteiger partial charge in [0.2, 0.25) is 0 Å². The third-order valence-electron chi connectivity index (χ3n) is 15.5. The van der Waals surface area contributed by atoms with Gasteiger partial charge >= 0.3 is 6.85 Å². The van der Waals surface area contributed by atoms with E-state index in [1.807, 2.05) is 22.7 Å². The number of hydrogen-bond acceptors (Lipinski definition) is 3. The number of fused-ring (bicyclic) bond motifs is 15. The molecule has 0 N–H and O–H groups in total. The average Bonchev–Trinajstić information content (AvgIpc) is 3.90. The Kier molecular flexibility index (Phi) is 7.42. The Labute approximate surface area is 379 Å². The van der Waals surface area contributed by atoms with Crippen molar-refractivity contribution in [3.63, 3.8) is 0 Å². The first-order valence-corrected chi connectivity index (χ1v) is 24.6. The molecule has 0 radical (unpaired) electrons. The summed E-state index contributed by atoms with van der Waals surface area (Å²) in [6.45, 7) is 23.8. The van der Waals surface area contributed by atoms with Crippen LogP contribution in [-0.2, 0) is 21.7 Å². The number of anilines is 2. The van der Waals surface area contributed by atoms with E-state index in [2.05, 4.69) is 194 Å². The van der Waals surface area contributed by atoms with E-state index in [-0.39, 0.29) is 28.5 Å². The quantitative estimate of drug-likeness (QED) is 0.149. The molecule has 1 aliphatic carbocycles. The number of aromatic nitrogens is 1. The SMILES string of the molecule is CC(C)(C)c1ccc(N2B3c4cc(C(C)(C)C)ccc4-n4c5cc6sc7ccccc7c6cc5c5ccc(c3c54)-c3cc4c(cc32)sc2cc3c(cc24)C(C)(C)CCC3(C)C)cc1.